The number of carbonyl (C=O) groups is 2. The number of thioether (sulfide) groups is 1. The minimum absolute atomic E-state index is 0.141. The molecule has 0 spiro atoms. The summed E-state index contributed by atoms with van der Waals surface area (Å²) in [5, 5.41) is 11.2. The van der Waals surface area contributed by atoms with Gasteiger partial charge in [0.2, 0.25) is 17.7 Å². The topological polar surface area (TPSA) is 88.3 Å². The van der Waals surface area contributed by atoms with Crippen LogP contribution in [0.2, 0.25) is 0 Å². The van der Waals surface area contributed by atoms with E-state index in [4.69, 9.17) is 4.42 Å². The molecule has 1 saturated heterocycles. The van der Waals surface area contributed by atoms with Gasteiger partial charge < -0.3 is 14.6 Å². The van der Waals surface area contributed by atoms with Crippen molar-refractivity contribution in [3.05, 3.63) is 54.1 Å². The van der Waals surface area contributed by atoms with Crippen molar-refractivity contribution in [1.82, 2.24) is 10.2 Å². The lowest BCUT2D eigenvalue weighted by Gasteiger charge is -2.16. The van der Waals surface area contributed by atoms with Crippen LogP contribution in [0, 0.1) is 6.92 Å². The maximum atomic E-state index is 12.2. The Morgan fingerprint density at radius 3 is 2.59 bits per heavy atom. The summed E-state index contributed by atoms with van der Waals surface area (Å²) < 4.78 is 5.62. The molecule has 2 aromatic carbocycles. The number of rotatable bonds is 6. The average molecular weight is 408 g/mol. The van der Waals surface area contributed by atoms with E-state index in [0.29, 0.717) is 23.2 Å². The molecule has 0 atom stereocenters. The fraction of sp³-hybridized carbons (Fsp3) is 0.238. The van der Waals surface area contributed by atoms with Crippen molar-refractivity contribution in [2.45, 2.75) is 25.0 Å². The molecule has 1 aliphatic rings. The second-order valence-corrected chi connectivity index (χ2v) is 7.70. The number of aryl methyl sites for hydroxylation is 1. The second kappa shape index (κ2) is 8.48. The van der Waals surface area contributed by atoms with Crippen LogP contribution < -0.4 is 10.2 Å². The fourth-order valence-electron chi connectivity index (χ4n) is 3.05. The lowest BCUT2D eigenvalue weighted by molar-refractivity contribution is -0.117. The molecule has 1 aliphatic heterocycles. The zero-order valence-corrected chi connectivity index (χ0v) is 16.7. The Balaban J connectivity index is 1.30. The first kappa shape index (κ1) is 19.2. The highest BCUT2D eigenvalue weighted by Crippen LogP contribution is 2.25. The third kappa shape index (κ3) is 4.65. The molecule has 2 amide bonds. The molecule has 2 heterocycles. The molecule has 4 rings (SSSR count). The first-order valence-electron chi connectivity index (χ1n) is 9.32. The van der Waals surface area contributed by atoms with Gasteiger partial charge in [-0.3, -0.25) is 9.59 Å². The Labute approximate surface area is 172 Å². The molecule has 0 aliphatic carbocycles. The smallest absolute Gasteiger partial charge is 0.277 e. The fourth-order valence-corrected chi connectivity index (χ4v) is 3.61. The van der Waals surface area contributed by atoms with Gasteiger partial charge in [0.25, 0.3) is 5.22 Å². The summed E-state index contributed by atoms with van der Waals surface area (Å²) in [5.74, 6) is 0.555. The molecule has 0 saturated carbocycles. The zero-order valence-electron chi connectivity index (χ0n) is 15.9. The van der Waals surface area contributed by atoms with Gasteiger partial charge in [-0.25, -0.2) is 0 Å². The molecule has 1 fully saturated rings. The van der Waals surface area contributed by atoms with Crippen molar-refractivity contribution in [2.24, 2.45) is 0 Å². The van der Waals surface area contributed by atoms with Crippen LogP contribution in [0.3, 0.4) is 0 Å². The molecule has 0 unspecified atom stereocenters. The highest BCUT2D eigenvalue weighted by molar-refractivity contribution is 7.99. The number of hydrogen-bond donors (Lipinski definition) is 1. The Kier molecular flexibility index (Phi) is 5.62. The number of nitrogens with one attached hydrogen (secondary N) is 1. The van der Waals surface area contributed by atoms with E-state index in [9.17, 15) is 9.59 Å². The molecule has 148 valence electrons. The summed E-state index contributed by atoms with van der Waals surface area (Å²) >= 11 is 1.19. The standard InChI is InChI=1S/C21H20N4O3S/c1-14-4-6-15(7-5-14)20-23-24-21(28-20)29-13-18(26)22-16-8-10-17(11-9-16)25-12-2-3-19(25)27/h4-11H,2-3,12-13H2,1H3,(H,22,26). The summed E-state index contributed by atoms with van der Waals surface area (Å²) in [6.07, 6.45) is 1.48. The van der Waals surface area contributed by atoms with Crippen molar-refractivity contribution in [3.63, 3.8) is 0 Å². The van der Waals surface area contributed by atoms with E-state index in [1.807, 2.05) is 43.3 Å². The van der Waals surface area contributed by atoms with Gasteiger partial charge in [0.1, 0.15) is 0 Å². The van der Waals surface area contributed by atoms with E-state index < -0.39 is 0 Å². The van der Waals surface area contributed by atoms with Gasteiger partial charge in [0, 0.05) is 29.9 Å². The van der Waals surface area contributed by atoms with Gasteiger partial charge in [-0.15, -0.1) is 10.2 Å². The van der Waals surface area contributed by atoms with Crippen LogP contribution in [-0.4, -0.2) is 34.3 Å². The van der Waals surface area contributed by atoms with Gasteiger partial charge in [0.05, 0.1) is 5.75 Å². The molecule has 3 aromatic rings. The number of amides is 2. The minimum Gasteiger partial charge on any atom is -0.411 e. The van der Waals surface area contributed by atoms with E-state index in [0.717, 1.165) is 29.8 Å². The summed E-state index contributed by atoms with van der Waals surface area (Å²) in [7, 11) is 0. The van der Waals surface area contributed by atoms with Gasteiger partial charge in [-0.2, -0.15) is 0 Å². The average Bonchev–Trinajstić information content (AvgIpc) is 3.37. The van der Waals surface area contributed by atoms with E-state index in [2.05, 4.69) is 15.5 Å². The lowest BCUT2D eigenvalue weighted by Crippen LogP contribution is -2.23. The number of anilines is 2. The SMILES string of the molecule is Cc1ccc(-c2nnc(SCC(=O)Nc3ccc(N4CCCC4=O)cc3)o2)cc1. The van der Waals surface area contributed by atoms with Crippen molar-refractivity contribution in [2.75, 3.05) is 22.5 Å². The Morgan fingerprint density at radius 2 is 1.90 bits per heavy atom. The largest absolute Gasteiger partial charge is 0.411 e. The Morgan fingerprint density at radius 1 is 1.14 bits per heavy atom. The molecular weight excluding hydrogens is 388 g/mol. The van der Waals surface area contributed by atoms with E-state index in [-0.39, 0.29) is 17.6 Å². The van der Waals surface area contributed by atoms with Crippen LogP contribution in [0.15, 0.2) is 58.2 Å². The molecule has 1 aromatic heterocycles. The number of hydrogen-bond acceptors (Lipinski definition) is 6. The number of aromatic nitrogens is 2. The van der Waals surface area contributed by atoms with E-state index >= 15 is 0 Å². The van der Waals surface area contributed by atoms with Crippen LogP contribution in [0.1, 0.15) is 18.4 Å². The molecule has 29 heavy (non-hydrogen) atoms. The lowest BCUT2D eigenvalue weighted by atomic mass is 10.1. The first-order valence-corrected chi connectivity index (χ1v) is 10.3. The van der Waals surface area contributed by atoms with Crippen molar-refractivity contribution in [3.8, 4) is 11.5 Å². The first-order chi connectivity index (χ1) is 14.1. The summed E-state index contributed by atoms with van der Waals surface area (Å²) in [5.41, 5.74) is 3.53. The molecule has 7 nitrogen and oxygen atoms in total. The van der Waals surface area contributed by atoms with Crippen LogP contribution in [0.25, 0.3) is 11.5 Å². The van der Waals surface area contributed by atoms with E-state index in [1.165, 1.54) is 11.8 Å². The third-order valence-electron chi connectivity index (χ3n) is 4.57. The third-order valence-corrected chi connectivity index (χ3v) is 5.39. The molecule has 1 N–H and O–H groups in total. The second-order valence-electron chi connectivity index (χ2n) is 6.77. The summed E-state index contributed by atoms with van der Waals surface area (Å²) in [4.78, 5) is 25.8. The predicted octanol–water partition coefficient (Wildman–Crippen LogP) is 3.90. The maximum Gasteiger partial charge on any atom is 0.277 e. The van der Waals surface area contributed by atoms with Crippen molar-refractivity contribution >= 4 is 35.0 Å². The van der Waals surface area contributed by atoms with E-state index in [1.54, 1.807) is 17.0 Å². The van der Waals surface area contributed by atoms with Crippen LogP contribution in [0.5, 0.6) is 0 Å². The van der Waals surface area contributed by atoms with Crippen molar-refractivity contribution < 1.29 is 14.0 Å². The summed E-state index contributed by atoms with van der Waals surface area (Å²) in [6.45, 7) is 2.76. The predicted molar refractivity (Wildman–Crippen MR) is 112 cm³/mol. The number of benzene rings is 2. The highest BCUT2D eigenvalue weighted by Gasteiger charge is 2.21. The van der Waals surface area contributed by atoms with Crippen LogP contribution >= 0.6 is 11.8 Å². The van der Waals surface area contributed by atoms with Crippen molar-refractivity contribution in [1.29, 1.82) is 0 Å². The van der Waals surface area contributed by atoms with Crippen LogP contribution in [0.4, 0.5) is 11.4 Å². The van der Waals surface area contributed by atoms with Crippen LogP contribution in [-0.2, 0) is 9.59 Å². The highest BCUT2D eigenvalue weighted by atomic mass is 32.2. The molecule has 8 heteroatoms. The van der Waals surface area contributed by atoms with Gasteiger partial charge in [-0.1, -0.05) is 29.5 Å². The minimum atomic E-state index is -0.171. The maximum absolute atomic E-state index is 12.2. The zero-order chi connectivity index (χ0) is 20.2. The summed E-state index contributed by atoms with van der Waals surface area (Å²) in [6, 6.07) is 15.1. The molecule has 0 bridgehead atoms. The van der Waals surface area contributed by atoms with Gasteiger partial charge in [-0.05, 0) is 49.7 Å². The Bertz CT molecular complexity index is 1020. The Hall–Kier alpha value is -3.13. The van der Waals surface area contributed by atoms with Gasteiger partial charge in [0.15, 0.2) is 0 Å². The number of nitrogens with zero attached hydrogens (tertiary/aromatic N) is 3. The monoisotopic (exact) mass is 408 g/mol. The normalized spacial score (nSPS) is 13.7. The molecule has 0 radical (unpaired) electrons. The van der Waals surface area contributed by atoms with Gasteiger partial charge >= 0.3 is 0 Å². The number of carbonyl (C=O) groups excluding carboxylic acids is 2. The quantitative estimate of drug-likeness (QED) is 0.622. The molecular formula is C21H20N4O3S.